The zero-order valence-corrected chi connectivity index (χ0v) is 10.7. The fraction of sp³-hybridized carbons (Fsp3) is 0.385. The maximum atomic E-state index is 11.9. The molecule has 0 aliphatic rings. The van der Waals surface area contributed by atoms with Crippen LogP contribution in [-0.4, -0.2) is 19.1 Å². The van der Waals surface area contributed by atoms with E-state index >= 15 is 0 Å². The maximum absolute atomic E-state index is 11.9. The Balaban J connectivity index is 2.91. The highest BCUT2D eigenvalue weighted by molar-refractivity contribution is 5.94. The Labute approximate surface area is 107 Å². The first kappa shape index (κ1) is 14.0. The van der Waals surface area contributed by atoms with Gasteiger partial charge < -0.3 is 15.8 Å². The van der Waals surface area contributed by atoms with Crippen LogP contribution < -0.4 is 15.8 Å². The van der Waals surface area contributed by atoms with Gasteiger partial charge >= 0.3 is 0 Å². The van der Waals surface area contributed by atoms with Crippen molar-refractivity contribution in [1.82, 2.24) is 0 Å². The van der Waals surface area contributed by atoms with Gasteiger partial charge in [-0.2, -0.15) is 5.26 Å². The lowest BCUT2D eigenvalue weighted by atomic mass is 10.0. The summed E-state index contributed by atoms with van der Waals surface area (Å²) in [6.45, 7) is 3.54. The van der Waals surface area contributed by atoms with Gasteiger partial charge in [-0.15, -0.1) is 0 Å². The molecule has 0 fully saturated rings. The molecule has 5 heteroatoms. The number of carbonyl (C=O) groups is 1. The van der Waals surface area contributed by atoms with Crippen molar-refractivity contribution in [3.05, 3.63) is 23.8 Å². The number of hydrogen-bond acceptors (Lipinski definition) is 4. The average Bonchev–Trinajstić information content (AvgIpc) is 2.37. The molecule has 96 valence electrons. The number of anilines is 1. The third-order valence-corrected chi connectivity index (χ3v) is 2.79. The molecule has 0 saturated carbocycles. The lowest BCUT2D eigenvalue weighted by molar-refractivity contribution is -0.119. The van der Waals surface area contributed by atoms with Gasteiger partial charge in [-0.1, -0.05) is 6.92 Å². The molecule has 0 aliphatic heterocycles. The Kier molecular flexibility index (Phi) is 4.69. The van der Waals surface area contributed by atoms with Crippen molar-refractivity contribution in [3.63, 3.8) is 0 Å². The van der Waals surface area contributed by atoms with Crippen molar-refractivity contribution < 1.29 is 9.53 Å². The molecule has 5 nitrogen and oxygen atoms in total. The molecule has 0 radical (unpaired) electrons. The molecule has 0 spiro atoms. The third kappa shape index (κ3) is 3.22. The van der Waals surface area contributed by atoms with Crippen LogP contribution in [0.1, 0.15) is 19.4 Å². The van der Waals surface area contributed by atoms with Crippen LogP contribution in [0.25, 0.3) is 0 Å². The highest BCUT2D eigenvalue weighted by Gasteiger charge is 2.18. The van der Waals surface area contributed by atoms with Crippen LogP contribution in [-0.2, 0) is 4.79 Å². The zero-order chi connectivity index (χ0) is 13.7. The van der Waals surface area contributed by atoms with Crippen molar-refractivity contribution in [3.8, 4) is 11.8 Å². The Hall–Kier alpha value is -2.06. The number of methoxy groups -OCH3 is 1. The van der Waals surface area contributed by atoms with Crippen LogP contribution in [0.3, 0.4) is 0 Å². The van der Waals surface area contributed by atoms with E-state index in [0.717, 1.165) is 0 Å². The van der Waals surface area contributed by atoms with Gasteiger partial charge in [-0.05, 0) is 19.1 Å². The number of nitriles is 1. The lowest BCUT2D eigenvalue weighted by Crippen LogP contribution is -2.34. The molecule has 0 saturated heterocycles. The molecule has 18 heavy (non-hydrogen) atoms. The molecule has 0 aliphatic carbocycles. The van der Waals surface area contributed by atoms with Crippen LogP contribution in [0.4, 0.5) is 5.69 Å². The van der Waals surface area contributed by atoms with E-state index in [0.29, 0.717) is 17.0 Å². The molecular formula is C13H17N3O2. The second-order valence-corrected chi connectivity index (χ2v) is 4.16. The fourth-order valence-corrected chi connectivity index (χ4v) is 1.35. The molecule has 1 amide bonds. The highest BCUT2D eigenvalue weighted by Crippen LogP contribution is 2.25. The molecule has 0 bridgehead atoms. The first-order valence-electron chi connectivity index (χ1n) is 5.64. The van der Waals surface area contributed by atoms with Crippen LogP contribution in [0.2, 0.25) is 0 Å². The number of nitrogens with one attached hydrogen (secondary N) is 1. The summed E-state index contributed by atoms with van der Waals surface area (Å²) in [6.07, 6.45) is 0. The predicted molar refractivity (Wildman–Crippen MR) is 69.2 cm³/mol. The number of nitrogens with two attached hydrogens (primary N) is 1. The summed E-state index contributed by atoms with van der Waals surface area (Å²) in [4.78, 5) is 11.9. The molecule has 2 unspecified atom stereocenters. The van der Waals surface area contributed by atoms with E-state index in [1.54, 1.807) is 32.0 Å². The second kappa shape index (κ2) is 6.03. The van der Waals surface area contributed by atoms with E-state index < -0.39 is 0 Å². The Morgan fingerprint density at radius 1 is 1.50 bits per heavy atom. The molecule has 1 aromatic rings. The van der Waals surface area contributed by atoms with E-state index in [9.17, 15) is 4.79 Å². The molecule has 2 atom stereocenters. The Morgan fingerprint density at radius 3 is 2.67 bits per heavy atom. The fourth-order valence-electron chi connectivity index (χ4n) is 1.35. The molecule has 1 aromatic carbocycles. The van der Waals surface area contributed by atoms with Crippen molar-refractivity contribution in [2.24, 2.45) is 11.7 Å². The van der Waals surface area contributed by atoms with Crippen LogP contribution in [0.15, 0.2) is 18.2 Å². The van der Waals surface area contributed by atoms with Crippen LogP contribution in [0, 0.1) is 17.2 Å². The van der Waals surface area contributed by atoms with Gasteiger partial charge in [0.1, 0.15) is 5.75 Å². The minimum absolute atomic E-state index is 0.173. The number of rotatable bonds is 4. The topological polar surface area (TPSA) is 88.1 Å². The average molecular weight is 247 g/mol. The SMILES string of the molecule is COc1cc(C#N)ccc1NC(=O)C(C)C(C)N. The van der Waals surface area contributed by atoms with Crippen molar-refractivity contribution in [2.45, 2.75) is 19.9 Å². The highest BCUT2D eigenvalue weighted by atomic mass is 16.5. The smallest absolute Gasteiger partial charge is 0.228 e. The van der Waals surface area contributed by atoms with E-state index in [1.165, 1.54) is 7.11 Å². The van der Waals surface area contributed by atoms with Gasteiger partial charge in [0, 0.05) is 12.1 Å². The van der Waals surface area contributed by atoms with Crippen LogP contribution in [0.5, 0.6) is 5.75 Å². The summed E-state index contributed by atoms with van der Waals surface area (Å²) >= 11 is 0. The van der Waals surface area contributed by atoms with E-state index in [1.807, 2.05) is 6.07 Å². The number of carbonyl (C=O) groups excluding carboxylic acids is 1. The van der Waals surface area contributed by atoms with Gasteiger partial charge in [0.25, 0.3) is 0 Å². The van der Waals surface area contributed by atoms with E-state index in [4.69, 9.17) is 15.7 Å². The zero-order valence-electron chi connectivity index (χ0n) is 10.7. The number of ether oxygens (including phenoxy) is 1. The summed E-state index contributed by atoms with van der Waals surface area (Å²) < 4.78 is 5.13. The third-order valence-electron chi connectivity index (χ3n) is 2.79. The molecule has 0 aromatic heterocycles. The second-order valence-electron chi connectivity index (χ2n) is 4.16. The first-order valence-corrected chi connectivity index (χ1v) is 5.64. The van der Waals surface area contributed by atoms with Gasteiger partial charge in [0.2, 0.25) is 5.91 Å². The minimum atomic E-state index is -0.301. The van der Waals surface area contributed by atoms with Crippen molar-refractivity contribution >= 4 is 11.6 Å². The number of amides is 1. The van der Waals surface area contributed by atoms with Gasteiger partial charge in [-0.25, -0.2) is 0 Å². The monoisotopic (exact) mass is 247 g/mol. The first-order chi connectivity index (χ1) is 8.49. The van der Waals surface area contributed by atoms with E-state index in [2.05, 4.69) is 5.32 Å². The summed E-state index contributed by atoms with van der Waals surface area (Å²) in [7, 11) is 1.49. The van der Waals surface area contributed by atoms with Crippen LogP contribution >= 0.6 is 0 Å². The molecular weight excluding hydrogens is 230 g/mol. The summed E-state index contributed by atoms with van der Waals surface area (Å²) in [6, 6.07) is 6.62. The van der Waals surface area contributed by atoms with Gasteiger partial charge in [-0.3, -0.25) is 4.79 Å². The number of hydrogen-bond donors (Lipinski definition) is 2. The normalized spacial score (nSPS) is 13.3. The summed E-state index contributed by atoms with van der Waals surface area (Å²) in [5.74, 6) is -0.0161. The number of benzene rings is 1. The summed E-state index contributed by atoms with van der Waals surface area (Å²) in [5, 5.41) is 11.5. The number of nitrogens with zero attached hydrogens (tertiary/aromatic N) is 1. The van der Waals surface area contributed by atoms with Crippen molar-refractivity contribution in [1.29, 1.82) is 5.26 Å². The molecule has 0 heterocycles. The van der Waals surface area contributed by atoms with Gasteiger partial charge in [0.05, 0.1) is 30.3 Å². The largest absolute Gasteiger partial charge is 0.495 e. The van der Waals surface area contributed by atoms with Gasteiger partial charge in [0.15, 0.2) is 0 Å². The Morgan fingerprint density at radius 2 is 2.17 bits per heavy atom. The quantitative estimate of drug-likeness (QED) is 0.843. The predicted octanol–water partition coefficient (Wildman–Crippen LogP) is 1.49. The Bertz CT molecular complexity index is 478. The van der Waals surface area contributed by atoms with Crippen molar-refractivity contribution in [2.75, 3.05) is 12.4 Å². The standard InChI is InChI=1S/C13H17N3O2/c1-8(9(2)15)13(17)16-11-5-4-10(7-14)6-12(11)18-3/h4-6,8-9H,15H2,1-3H3,(H,16,17). The van der Waals surface area contributed by atoms with E-state index in [-0.39, 0.29) is 17.9 Å². The molecule has 3 N–H and O–H groups in total. The molecule has 1 rings (SSSR count). The maximum Gasteiger partial charge on any atom is 0.228 e. The lowest BCUT2D eigenvalue weighted by Gasteiger charge is -2.16. The summed E-state index contributed by atoms with van der Waals surface area (Å²) in [5.41, 5.74) is 6.68. The minimum Gasteiger partial charge on any atom is -0.495 e.